The van der Waals surface area contributed by atoms with Gasteiger partial charge in [0.15, 0.2) is 0 Å². The third-order valence-electron chi connectivity index (χ3n) is 1.85. The van der Waals surface area contributed by atoms with E-state index < -0.39 is 0 Å². The largest absolute Gasteiger partial charge is 0.459 e. The molecule has 4 heteroatoms. The molecule has 0 amide bonds. The Morgan fingerprint density at radius 3 is 2.87 bits per heavy atom. The minimum Gasteiger partial charge on any atom is -0.459 e. The lowest BCUT2D eigenvalue weighted by atomic mass is 10.2. The Morgan fingerprint density at radius 2 is 2.20 bits per heavy atom. The van der Waals surface area contributed by atoms with Crippen LogP contribution in [0.2, 0.25) is 0 Å². The van der Waals surface area contributed by atoms with E-state index in [1.165, 1.54) is 6.92 Å². The molecule has 0 aliphatic carbocycles. The summed E-state index contributed by atoms with van der Waals surface area (Å²) in [5.74, 6) is 0.788. The summed E-state index contributed by atoms with van der Waals surface area (Å²) in [6.07, 6.45) is 3.03. The normalized spacial score (nSPS) is 10.0. The number of pyridine rings is 1. The molecular weight excluding hydrogens is 210 g/mol. The van der Waals surface area contributed by atoms with Gasteiger partial charge >= 0.3 is 5.97 Å². The molecule has 1 heterocycles. The number of aromatic nitrogens is 1. The molecule has 0 aliphatic heterocycles. The van der Waals surface area contributed by atoms with Gasteiger partial charge in [0.2, 0.25) is 0 Å². The van der Waals surface area contributed by atoms with Gasteiger partial charge in [0.25, 0.3) is 0 Å². The first-order chi connectivity index (χ1) is 7.22. The van der Waals surface area contributed by atoms with Crippen molar-refractivity contribution in [2.24, 2.45) is 0 Å². The summed E-state index contributed by atoms with van der Waals surface area (Å²) in [6.45, 7) is 1.67. The monoisotopic (exact) mass is 225 g/mol. The summed E-state index contributed by atoms with van der Waals surface area (Å²) in [5, 5.41) is 0. The van der Waals surface area contributed by atoms with Gasteiger partial charge in [0.05, 0.1) is 5.69 Å². The Kier molecular flexibility index (Phi) is 5.18. The number of esters is 1. The fraction of sp³-hybridized carbons (Fsp3) is 0.455. The third-order valence-corrected chi connectivity index (χ3v) is 2.46. The molecule has 15 heavy (non-hydrogen) atoms. The van der Waals surface area contributed by atoms with Crippen LogP contribution >= 0.6 is 11.8 Å². The summed E-state index contributed by atoms with van der Waals surface area (Å²) >= 11 is 1.80. The van der Waals surface area contributed by atoms with Crippen molar-refractivity contribution in [3.05, 3.63) is 29.6 Å². The number of ether oxygens (including phenoxy) is 1. The molecule has 1 rings (SSSR count). The van der Waals surface area contributed by atoms with E-state index in [0.29, 0.717) is 0 Å². The first kappa shape index (κ1) is 12.0. The van der Waals surface area contributed by atoms with Crippen LogP contribution in [0.25, 0.3) is 0 Å². The van der Waals surface area contributed by atoms with Gasteiger partial charge in [0, 0.05) is 12.6 Å². The average molecular weight is 225 g/mol. The predicted molar refractivity (Wildman–Crippen MR) is 61.8 cm³/mol. The molecule has 0 aromatic carbocycles. The topological polar surface area (TPSA) is 39.2 Å². The average Bonchev–Trinajstić information content (AvgIpc) is 2.24. The van der Waals surface area contributed by atoms with E-state index in [2.05, 4.69) is 11.2 Å². The van der Waals surface area contributed by atoms with Crippen molar-refractivity contribution in [1.29, 1.82) is 0 Å². The first-order valence-electron chi connectivity index (χ1n) is 4.79. The van der Waals surface area contributed by atoms with E-state index in [9.17, 15) is 4.79 Å². The third kappa shape index (κ3) is 4.83. The Balaban J connectivity index is 2.53. The number of hydrogen-bond acceptors (Lipinski definition) is 4. The summed E-state index contributed by atoms with van der Waals surface area (Å²) in [7, 11) is 0. The highest BCUT2D eigenvalue weighted by Gasteiger charge is 1.99. The van der Waals surface area contributed by atoms with Crippen LogP contribution in [0.4, 0.5) is 0 Å². The molecular formula is C11H15NO2S. The lowest BCUT2D eigenvalue weighted by molar-refractivity contribution is -0.142. The molecule has 1 aromatic heterocycles. The molecule has 0 aliphatic rings. The van der Waals surface area contributed by atoms with E-state index in [1.54, 1.807) is 11.8 Å². The quantitative estimate of drug-likeness (QED) is 0.719. The molecule has 3 nitrogen and oxygen atoms in total. The molecule has 0 atom stereocenters. The number of aryl methyl sites for hydroxylation is 1. The second-order valence-corrected chi connectivity index (χ2v) is 4.13. The van der Waals surface area contributed by atoms with Crippen LogP contribution in [0, 0.1) is 0 Å². The molecule has 0 saturated carbocycles. The lowest BCUT2D eigenvalue weighted by Crippen LogP contribution is -2.02. The smallest absolute Gasteiger partial charge is 0.303 e. The van der Waals surface area contributed by atoms with Gasteiger partial charge in [-0.2, -0.15) is 11.8 Å². The molecule has 0 saturated heterocycles. The zero-order chi connectivity index (χ0) is 11.1. The van der Waals surface area contributed by atoms with Gasteiger partial charge in [-0.15, -0.1) is 0 Å². The van der Waals surface area contributed by atoms with Gasteiger partial charge in [-0.05, 0) is 30.6 Å². The first-order valence-corrected chi connectivity index (χ1v) is 6.19. The van der Waals surface area contributed by atoms with Gasteiger partial charge in [-0.1, -0.05) is 6.07 Å². The van der Waals surface area contributed by atoms with Crippen molar-refractivity contribution in [1.82, 2.24) is 4.98 Å². The van der Waals surface area contributed by atoms with Gasteiger partial charge in [0.1, 0.15) is 6.61 Å². The van der Waals surface area contributed by atoms with E-state index in [-0.39, 0.29) is 12.6 Å². The molecule has 0 bridgehead atoms. The second kappa shape index (κ2) is 6.45. The zero-order valence-electron chi connectivity index (χ0n) is 9.03. The molecule has 82 valence electrons. The van der Waals surface area contributed by atoms with Crippen LogP contribution in [0.1, 0.15) is 18.3 Å². The van der Waals surface area contributed by atoms with Crippen molar-refractivity contribution >= 4 is 17.7 Å². The summed E-state index contributed by atoms with van der Waals surface area (Å²) < 4.78 is 4.88. The fourth-order valence-electron chi connectivity index (χ4n) is 1.13. The van der Waals surface area contributed by atoms with Crippen LogP contribution in [-0.2, 0) is 22.6 Å². The minimum absolute atomic E-state index is 0.266. The predicted octanol–water partition coefficient (Wildman–Crippen LogP) is 2.05. The van der Waals surface area contributed by atoms with Crippen LogP contribution in [-0.4, -0.2) is 23.0 Å². The maximum absolute atomic E-state index is 10.6. The minimum atomic E-state index is -0.272. The molecule has 0 unspecified atom stereocenters. The van der Waals surface area contributed by atoms with Gasteiger partial charge in [-0.25, -0.2) is 0 Å². The molecule has 0 spiro atoms. The summed E-state index contributed by atoms with van der Waals surface area (Å²) in [4.78, 5) is 15.0. The van der Waals surface area contributed by atoms with Crippen molar-refractivity contribution < 1.29 is 9.53 Å². The standard InChI is InChI=1S/C11H15NO2S/c1-9(13)14-8-11-5-3-4-10(12-11)6-7-15-2/h3-5H,6-8H2,1-2H3. The Hall–Kier alpha value is -1.03. The number of nitrogens with zero attached hydrogens (tertiary/aromatic N) is 1. The highest BCUT2D eigenvalue weighted by Crippen LogP contribution is 2.04. The van der Waals surface area contributed by atoms with Crippen LogP contribution in [0.15, 0.2) is 18.2 Å². The summed E-state index contributed by atoms with van der Waals surface area (Å²) in [6, 6.07) is 5.81. The molecule has 0 radical (unpaired) electrons. The zero-order valence-corrected chi connectivity index (χ0v) is 9.84. The highest BCUT2D eigenvalue weighted by molar-refractivity contribution is 7.98. The number of hydrogen-bond donors (Lipinski definition) is 0. The van der Waals surface area contributed by atoms with Crippen LogP contribution < -0.4 is 0 Å². The van der Waals surface area contributed by atoms with E-state index in [1.807, 2.05) is 18.2 Å². The molecule has 0 N–H and O–H groups in total. The fourth-order valence-corrected chi connectivity index (χ4v) is 1.54. The van der Waals surface area contributed by atoms with Crippen molar-refractivity contribution in [2.75, 3.05) is 12.0 Å². The lowest BCUT2D eigenvalue weighted by Gasteiger charge is -2.04. The van der Waals surface area contributed by atoms with Crippen LogP contribution in [0.3, 0.4) is 0 Å². The highest BCUT2D eigenvalue weighted by atomic mass is 32.2. The number of thioether (sulfide) groups is 1. The SMILES string of the molecule is CSCCc1cccc(COC(C)=O)n1. The Labute approximate surface area is 94.2 Å². The van der Waals surface area contributed by atoms with Crippen molar-refractivity contribution in [3.8, 4) is 0 Å². The number of carbonyl (C=O) groups excluding carboxylic acids is 1. The number of rotatable bonds is 5. The Bertz CT molecular complexity index is 328. The second-order valence-electron chi connectivity index (χ2n) is 3.14. The maximum atomic E-state index is 10.6. The Morgan fingerprint density at radius 1 is 1.47 bits per heavy atom. The van der Waals surface area contributed by atoms with Gasteiger partial charge in [-0.3, -0.25) is 9.78 Å². The van der Waals surface area contributed by atoms with E-state index >= 15 is 0 Å². The van der Waals surface area contributed by atoms with Crippen LogP contribution in [0.5, 0.6) is 0 Å². The van der Waals surface area contributed by atoms with Gasteiger partial charge < -0.3 is 4.74 Å². The summed E-state index contributed by atoms with van der Waals surface area (Å²) in [5.41, 5.74) is 1.86. The van der Waals surface area contributed by atoms with Crippen molar-refractivity contribution in [3.63, 3.8) is 0 Å². The maximum Gasteiger partial charge on any atom is 0.303 e. The van der Waals surface area contributed by atoms with Crippen molar-refractivity contribution in [2.45, 2.75) is 20.0 Å². The van der Waals surface area contributed by atoms with E-state index in [0.717, 1.165) is 23.6 Å². The van der Waals surface area contributed by atoms with E-state index in [4.69, 9.17) is 4.74 Å². The molecule has 0 fully saturated rings. The molecule has 1 aromatic rings. The number of carbonyl (C=O) groups is 1.